The number of ether oxygens (including phenoxy) is 1. The molecule has 1 aromatic heterocycles. The SMILES string of the molecule is COC(=O)c1cccc(Cn2ccc([N+](=O)[O-])n2)c1. The van der Waals surface area contributed by atoms with Gasteiger partial charge in [-0.25, -0.2) is 4.79 Å². The fraction of sp³-hybridized carbons (Fsp3) is 0.167. The lowest BCUT2D eigenvalue weighted by Gasteiger charge is -2.02. The molecule has 0 amide bonds. The van der Waals surface area contributed by atoms with Gasteiger partial charge in [-0.1, -0.05) is 12.1 Å². The molecule has 19 heavy (non-hydrogen) atoms. The molecule has 7 nitrogen and oxygen atoms in total. The second-order valence-corrected chi connectivity index (χ2v) is 3.82. The first-order valence-corrected chi connectivity index (χ1v) is 5.45. The number of aromatic nitrogens is 2. The van der Waals surface area contributed by atoms with Gasteiger partial charge in [0.05, 0.1) is 36.6 Å². The van der Waals surface area contributed by atoms with Crippen LogP contribution in [0.2, 0.25) is 0 Å². The van der Waals surface area contributed by atoms with Crippen molar-refractivity contribution in [3.05, 3.63) is 57.8 Å². The van der Waals surface area contributed by atoms with E-state index in [-0.39, 0.29) is 5.82 Å². The minimum absolute atomic E-state index is 0.205. The van der Waals surface area contributed by atoms with Crippen LogP contribution in [0.3, 0.4) is 0 Å². The Hall–Kier alpha value is -2.70. The number of hydrogen-bond acceptors (Lipinski definition) is 5. The standard InChI is InChI=1S/C12H11N3O4/c1-19-12(16)10-4-2-3-9(7-10)8-14-6-5-11(13-14)15(17)18/h2-7H,8H2,1H3. The smallest absolute Gasteiger partial charge is 0.389 e. The van der Waals surface area contributed by atoms with E-state index in [0.717, 1.165) is 5.56 Å². The number of carbonyl (C=O) groups is 1. The van der Waals surface area contributed by atoms with E-state index in [9.17, 15) is 14.9 Å². The topological polar surface area (TPSA) is 87.3 Å². The Kier molecular flexibility index (Phi) is 3.56. The summed E-state index contributed by atoms with van der Waals surface area (Å²) in [6.07, 6.45) is 1.52. The van der Waals surface area contributed by atoms with Crippen molar-refractivity contribution < 1.29 is 14.5 Å². The minimum Gasteiger partial charge on any atom is -0.465 e. The number of esters is 1. The average molecular weight is 261 g/mol. The van der Waals surface area contributed by atoms with Crippen molar-refractivity contribution in [3.63, 3.8) is 0 Å². The lowest BCUT2D eigenvalue weighted by Crippen LogP contribution is -2.05. The van der Waals surface area contributed by atoms with E-state index in [1.54, 1.807) is 24.3 Å². The average Bonchev–Trinajstić information content (AvgIpc) is 2.87. The molecular weight excluding hydrogens is 250 g/mol. The number of nitrogens with zero attached hydrogens (tertiary/aromatic N) is 3. The summed E-state index contributed by atoms with van der Waals surface area (Å²) in [5, 5.41) is 14.3. The largest absolute Gasteiger partial charge is 0.465 e. The molecule has 0 radical (unpaired) electrons. The van der Waals surface area contributed by atoms with Gasteiger partial charge < -0.3 is 14.9 Å². The molecule has 1 heterocycles. The van der Waals surface area contributed by atoms with Crippen LogP contribution < -0.4 is 0 Å². The van der Waals surface area contributed by atoms with Gasteiger partial charge in [0.1, 0.15) is 0 Å². The van der Waals surface area contributed by atoms with E-state index in [2.05, 4.69) is 9.84 Å². The molecule has 0 spiro atoms. The molecule has 0 N–H and O–H groups in total. The number of methoxy groups -OCH3 is 1. The zero-order chi connectivity index (χ0) is 13.8. The van der Waals surface area contributed by atoms with Crippen LogP contribution in [0.25, 0.3) is 0 Å². The van der Waals surface area contributed by atoms with Crippen LogP contribution in [0, 0.1) is 10.1 Å². The van der Waals surface area contributed by atoms with E-state index in [1.807, 2.05) is 0 Å². The number of nitro groups is 1. The second kappa shape index (κ2) is 5.30. The van der Waals surface area contributed by atoms with E-state index in [1.165, 1.54) is 24.1 Å². The molecule has 98 valence electrons. The molecule has 0 aliphatic heterocycles. The normalized spacial score (nSPS) is 10.2. The summed E-state index contributed by atoms with van der Waals surface area (Å²) in [5.41, 5.74) is 1.24. The fourth-order valence-corrected chi connectivity index (χ4v) is 1.64. The summed E-state index contributed by atoms with van der Waals surface area (Å²) >= 11 is 0. The van der Waals surface area contributed by atoms with Crippen LogP contribution in [-0.4, -0.2) is 27.8 Å². The van der Waals surface area contributed by atoms with Gasteiger partial charge in [0.15, 0.2) is 0 Å². The van der Waals surface area contributed by atoms with E-state index in [4.69, 9.17) is 0 Å². The highest BCUT2D eigenvalue weighted by Crippen LogP contribution is 2.10. The summed E-state index contributed by atoms with van der Waals surface area (Å²) in [6, 6.07) is 8.16. The van der Waals surface area contributed by atoms with Crippen molar-refractivity contribution in [3.8, 4) is 0 Å². The van der Waals surface area contributed by atoms with Gasteiger partial charge >= 0.3 is 11.8 Å². The molecule has 0 fully saturated rings. The third-order valence-electron chi connectivity index (χ3n) is 2.51. The fourth-order valence-electron chi connectivity index (χ4n) is 1.64. The first-order valence-electron chi connectivity index (χ1n) is 5.45. The van der Waals surface area contributed by atoms with Gasteiger partial charge in [0.25, 0.3) is 0 Å². The first-order chi connectivity index (χ1) is 9.10. The van der Waals surface area contributed by atoms with Gasteiger partial charge in [-0.2, -0.15) is 4.68 Å². The Bertz CT molecular complexity index is 621. The summed E-state index contributed by atoms with van der Waals surface area (Å²) in [5.74, 6) is -0.627. The molecular formula is C12H11N3O4. The Morgan fingerprint density at radius 2 is 2.26 bits per heavy atom. The van der Waals surface area contributed by atoms with Crippen LogP contribution in [0.5, 0.6) is 0 Å². The summed E-state index contributed by atoms with van der Waals surface area (Å²) in [7, 11) is 1.31. The molecule has 7 heteroatoms. The number of rotatable bonds is 4. The van der Waals surface area contributed by atoms with Crippen molar-refractivity contribution in [2.24, 2.45) is 0 Å². The second-order valence-electron chi connectivity index (χ2n) is 3.82. The van der Waals surface area contributed by atoms with Crippen molar-refractivity contribution in [2.45, 2.75) is 6.54 Å². The summed E-state index contributed by atoms with van der Waals surface area (Å²) < 4.78 is 6.07. The number of carbonyl (C=O) groups excluding carboxylic acids is 1. The third kappa shape index (κ3) is 2.95. The highest BCUT2D eigenvalue weighted by molar-refractivity contribution is 5.89. The molecule has 0 saturated carbocycles. The van der Waals surface area contributed by atoms with Gasteiger partial charge in [-0.15, -0.1) is 0 Å². The van der Waals surface area contributed by atoms with Gasteiger partial charge in [0, 0.05) is 0 Å². The maximum Gasteiger partial charge on any atom is 0.389 e. The maximum atomic E-state index is 11.4. The molecule has 0 bridgehead atoms. The van der Waals surface area contributed by atoms with Crippen molar-refractivity contribution in [1.29, 1.82) is 0 Å². The zero-order valence-corrected chi connectivity index (χ0v) is 10.1. The Morgan fingerprint density at radius 1 is 1.47 bits per heavy atom. The van der Waals surface area contributed by atoms with Crippen LogP contribution in [0.15, 0.2) is 36.5 Å². The molecule has 0 aliphatic carbocycles. The van der Waals surface area contributed by atoms with Crippen LogP contribution in [0.4, 0.5) is 5.82 Å². The quantitative estimate of drug-likeness (QED) is 0.474. The van der Waals surface area contributed by atoms with E-state index in [0.29, 0.717) is 12.1 Å². The predicted molar refractivity (Wildman–Crippen MR) is 65.8 cm³/mol. The monoisotopic (exact) mass is 261 g/mol. The minimum atomic E-state index is -0.554. The molecule has 2 rings (SSSR count). The summed E-state index contributed by atoms with van der Waals surface area (Å²) in [6.45, 7) is 0.346. The van der Waals surface area contributed by atoms with Gasteiger partial charge in [0.2, 0.25) is 0 Å². The van der Waals surface area contributed by atoms with Crippen molar-refractivity contribution in [2.75, 3.05) is 7.11 Å². The molecule has 2 aromatic rings. The lowest BCUT2D eigenvalue weighted by molar-refractivity contribution is -0.389. The van der Waals surface area contributed by atoms with Gasteiger partial charge in [-0.05, 0) is 22.6 Å². The lowest BCUT2D eigenvalue weighted by atomic mass is 10.1. The highest BCUT2D eigenvalue weighted by Gasteiger charge is 2.12. The molecule has 0 saturated heterocycles. The van der Waals surface area contributed by atoms with Crippen molar-refractivity contribution in [1.82, 2.24) is 9.78 Å². The highest BCUT2D eigenvalue weighted by atomic mass is 16.6. The third-order valence-corrected chi connectivity index (χ3v) is 2.51. The Morgan fingerprint density at radius 3 is 2.89 bits per heavy atom. The van der Waals surface area contributed by atoms with Crippen LogP contribution in [-0.2, 0) is 11.3 Å². The maximum absolute atomic E-state index is 11.4. The summed E-state index contributed by atoms with van der Waals surface area (Å²) in [4.78, 5) is 21.3. The molecule has 0 unspecified atom stereocenters. The number of hydrogen-bond donors (Lipinski definition) is 0. The zero-order valence-electron chi connectivity index (χ0n) is 10.1. The number of benzene rings is 1. The van der Waals surface area contributed by atoms with Gasteiger partial charge in [-0.3, -0.25) is 0 Å². The first kappa shape index (κ1) is 12.7. The van der Waals surface area contributed by atoms with E-state index >= 15 is 0 Å². The Labute approximate surface area is 108 Å². The Balaban J connectivity index is 2.18. The van der Waals surface area contributed by atoms with Crippen LogP contribution >= 0.6 is 0 Å². The van der Waals surface area contributed by atoms with Crippen LogP contribution in [0.1, 0.15) is 15.9 Å². The predicted octanol–water partition coefficient (Wildman–Crippen LogP) is 1.63. The molecule has 1 aromatic carbocycles. The molecule has 0 atom stereocenters. The molecule has 0 aliphatic rings. The van der Waals surface area contributed by atoms with Crippen molar-refractivity contribution >= 4 is 11.8 Å². The van der Waals surface area contributed by atoms with E-state index < -0.39 is 10.9 Å².